The number of carbonyl (C=O) groups excluding carboxylic acids is 2. The van der Waals surface area contributed by atoms with Crippen LogP contribution in [0.4, 0.5) is 4.39 Å². The molecule has 1 atom stereocenters. The van der Waals surface area contributed by atoms with Gasteiger partial charge in [0.25, 0.3) is 5.91 Å². The van der Waals surface area contributed by atoms with Crippen LogP contribution in [0.2, 0.25) is 0 Å². The number of likely N-dealkylation sites (tertiary alicyclic amines) is 1. The second-order valence-electron chi connectivity index (χ2n) is 6.48. The summed E-state index contributed by atoms with van der Waals surface area (Å²) in [4.78, 5) is 26.4. The minimum absolute atomic E-state index is 0.0222. The summed E-state index contributed by atoms with van der Waals surface area (Å²) in [6.07, 6.45) is 1.95. The van der Waals surface area contributed by atoms with Gasteiger partial charge < -0.3 is 15.5 Å². The third kappa shape index (κ3) is 5.30. The van der Waals surface area contributed by atoms with Crippen LogP contribution in [0.15, 0.2) is 24.3 Å². The molecular formula is C18H26FN3O2. The topological polar surface area (TPSA) is 61.4 Å². The minimum Gasteiger partial charge on any atom is -0.354 e. The molecular weight excluding hydrogens is 309 g/mol. The lowest BCUT2D eigenvalue weighted by Gasteiger charge is -2.34. The summed E-state index contributed by atoms with van der Waals surface area (Å²) in [6.45, 7) is 6.88. The highest BCUT2D eigenvalue weighted by molar-refractivity contribution is 5.94. The number of hydrogen-bond donors (Lipinski definition) is 2. The van der Waals surface area contributed by atoms with Gasteiger partial charge in [-0.15, -0.1) is 0 Å². The molecule has 132 valence electrons. The standard InChI is InChI=1S/C18H26FN3O2/c1-13(2)22-11-3-4-15(12-22)18(24)21-10-9-20-17(23)14-5-7-16(19)8-6-14/h5-8,13,15H,3-4,9-12H2,1-2H3,(H,20,23)(H,21,24). The molecule has 0 bridgehead atoms. The van der Waals surface area contributed by atoms with Crippen molar-refractivity contribution in [2.24, 2.45) is 5.92 Å². The Balaban J connectivity index is 1.69. The molecule has 2 rings (SSSR count). The van der Waals surface area contributed by atoms with Crippen molar-refractivity contribution in [3.63, 3.8) is 0 Å². The van der Waals surface area contributed by atoms with E-state index in [1.54, 1.807) is 0 Å². The predicted octanol–water partition coefficient (Wildman–Crippen LogP) is 1.79. The van der Waals surface area contributed by atoms with Gasteiger partial charge in [0.15, 0.2) is 0 Å². The number of piperidine rings is 1. The van der Waals surface area contributed by atoms with Crippen LogP contribution in [-0.2, 0) is 4.79 Å². The molecule has 2 N–H and O–H groups in total. The van der Waals surface area contributed by atoms with E-state index in [9.17, 15) is 14.0 Å². The first-order chi connectivity index (χ1) is 11.5. The fourth-order valence-electron chi connectivity index (χ4n) is 2.90. The highest BCUT2D eigenvalue weighted by Crippen LogP contribution is 2.18. The molecule has 0 saturated carbocycles. The normalized spacial score (nSPS) is 18.4. The van der Waals surface area contributed by atoms with Gasteiger partial charge in [-0.3, -0.25) is 9.59 Å². The first kappa shape index (κ1) is 18.4. The summed E-state index contributed by atoms with van der Waals surface area (Å²) >= 11 is 0. The highest BCUT2D eigenvalue weighted by Gasteiger charge is 2.26. The molecule has 6 heteroatoms. The van der Waals surface area contributed by atoms with E-state index in [0.29, 0.717) is 24.7 Å². The Kier molecular flexibility index (Phi) is 6.73. The van der Waals surface area contributed by atoms with Crippen molar-refractivity contribution >= 4 is 11.8 Å². The van der Waals surface area contributed by atoms with Gasteiger partial charge in [-0.25, -0.2) is 4.39 Å². The minimum atomic E-state index is -0.373. The average molecular weight is 335 g/mol. The van der Waals surface area contributed by atoms with E-state index in [-0.39, 0.29) is 23.5 Å². The molecule has 1 aromatic rings. The molecule has 1 saturated heterocycles. The molecule has 1 aliphatic heterocycles. The zero-order valence-corrected chi connectivity index (χ0v) is 14.3. The molecule has 0 spiro atoms. The molecule has 2 amide bonds. The van der Waals surface area contributed by atoms with Crippen molar-refractivity contribution in [1.29, 1.82) is 0 Å². The Hall–Kier alpha value is -1.95. The van der Waals surface area contributed by atoms with Crippen LogP contribution in [0.25, 0.3) is 0 Å². The van der Waals surface area contributed by atoms with Crippen LogP contribution in [0.3, 0.4) is 0 Å². The van der Waals surface area contributed by atoms with E-state index < -0.39 is 0 Å². The summed E-state index contributed by atoms with van der Waals surface area (Å²) in [7, 11) is 0. The Labute approximate surface area is 142 Å². The first-order valence-corrected chi connectivity index (χ1v) is 8.53. The Morgan fingerprint density at radius 3 is 2.54 bits per heavy atom. The van der Waals surface area contributed by atoms with Gasteiger partial charge in [0.1, 0.15) is 5.82 Å². The number of hydrogen-bond acceptors (Lipinski definition) is 3. The summed E-state index contributed by atoms with van der Waals surface area (Å²) in [5, 5.41) is 5.60. The van der Waals surface area contributed by atoms with E-state index in [4.69, 9.17) is 0 Å². The van der Waals surface area contributed by atoms with Crippen LogP contribution < -0.4 is 10.6 Å². The van der Waals surface area contributed by atoms with Gasteiger partial charge >= 0.3 is 0 Å². The molecule has 0 aliphatic carbocycles. The Bertz CT molecular complexity index is 560. The van der Waals surface area contributed by atoms with Gasteiger partial charge in [-0.1, -0.05) is 0 Å². The van der Waals surface area contributed by atoms with Gasteiger partial charge in [0.2, 0.25) is 5.91 Å². The van der Waals surface area contributed by atoms with Crippen molar-refractivity contribution < 1.29 is 14.0 Å². The van der Waals surface area contributed by atoms with Crippen LogP contribution in [0, 0.1) is 11.7 Å². The van der Waals surface area contributed by atoms with Crippen molar-refractivity contribution in [3.05, 3.63) is 35.6 Å². The number of rotatable bonds is 6. The maximum Gasteiger partial charge on any atom is 0.251 e. The lowest BCUT2D eigenvalue weighted by Crippen LogP contribution is -2.46. The molecule has 1 heterocycles. The van der Waals surface area contributed by atoms with Gasteiger partial charge in [-0.05, 0) is 57.5 Å². The number of carbonyl (C=O) groups is 2. The maximum absolute atomic E-state index is 12.8. The van der Waals surface area contributed by atoms with Crippen LogP contribution in [0.1, 0.15) is 37.0 Å². The van der Waals surface area contributed by atoms with E-state index in [0.717, 1.165) is 25.9 Å². The first-order valence-electron chi connectivity index (χ1n) is 8.53. The highest BCUT2D eigenvalue weighted by atomic mass is 19.1. The van der Waals surface area contributed by atoms with Gasteiger partial charge in [0, 0.05) is 31.2 Å². The van der Waals surface area contributed by atoms with Crippen molar-refractivity contribution in [2.75, 3.05) is 26.2 Å². The molecule has 1 fully saturated rings. The molecule has 1 aliphatic rings. The van der Waals surface area contributed by atoms with Crippen LogP contribution in [-0.4, -0.2) is 48.9 Å². The third-order valence-electron chi connectivity index (χ3n) is 4.37. The second kappa shape index (κ2) is 8.78. The summed E-state index contributed by atoms with van der Waals surface area (Å²) in [5.74, 6) is -0.569. The van der Waals surface area contributed by atoms with Crippen molar-refractivity contribution in [2.45, 2.75) is 32.7 Å². The van der Waals surface area contributed by atoms with E-state index in [1.165, 1.54) is 24.3 Å². The zero-order valence-electron chi connectivity index (χ0n) is 14.3. The molecule has 24 heavy (non-hydrogen) atoms. The number of nitrogens with one attached hydrogen (secondary N) is 2. The lowest BCUT2D eigenvalue weighted by molar-refractivity contribution is -0.126. The maximum atomic E-state index is 12.8. The number of amides is 2. The Morgan fingerprint density at radius 2 is 1.88 bits per heavy atom. The van der Waals surface area contributed by atoms with E-state index >= 15 is 0 Å². The average Bonchev–Trinajstić information content (AvgIpc) is 2.59. The van der Waals surface area contributed by atoms with Crippen LogP contribution in [0.5, 0.6) is 0 Å². The van der Waals surface area contributed by atoms with Crippen molar-refractivity contribution in [1.82, 2.24) is 15.5 Å². The summed E-state index contributed by atoms with van der Waals surface area (Å²) in [5.41, 5.74) is 0.405. The number of halogens is 1. The molecule has 0 radical (unpaired) electrons. The van der Waals surface area contributed by atoms with E-state index in [1.807, 2.05) is 0 Å². The number of nitrogens with zero attached hydrogens (tertiary/aromatic N) is 1. The third-order valence-corrected chi connectivity index (χ3v) is 4.37. The summed E-state index contributed by atoms with van der Waals surface area (Å²) < 4.78 is 12.8. The molecule has 5 nitrogen and oxygen atoms in total. The second-order valence-corrected chi connectivity index (χ2v) is 6.48. The molecule has 1 aromatic carbocycles. The SMILES string of the molecule is CC(C)N1CCCC(C(=O)NCCNC(=O)c2ccc(F)cc2)C1. The zero-order chi connectivity index (χ0) is 17.5. The quantitative estimate of drug-likeness (QED) is 0.779. The van der Waals surface area contributed by atoms with Gasteiger partial charge in [-0.2, -0.15) is 0 Å². The van der Waals surface area contributed by atoms with Gasteiger partial charge in [0.05, 0.1) is 5.92 Å². The fraction of sp³-hybridized carbons (Fsp3) is 0.556. The van der Waals surface area contributed by atoms with Crippen LogP contribution >= 0.6 is 0 Å². The van der Waals surface area contributed by atoms with E-state index in [2.05, 4.69) is 29.4 Å². The Morgan fingerprint density at radius 1 is 1.21 bits per heavy atom. The smallest absolute Gasteiger partial charge is 0.251 e. The summed E-state index contributed by atoms with van der Waals surface area (Å²) in [6, 6.07) is 5.83. The fourth-order valence-corrected chi connectivity index (χ4v) is 2.90. The molecule has 0 aromatic heterocycles. The lowest BCUT2D eigenvalue weighted by atomic mass is 9.96. The largest absolute Gasteiger partial charge is 0.354 e. The monoisotopic (exact) mass is 335 g/mol. The number of benzene rings is 1. The molecule has 1 unspecified atom stereocenters. The van der Waals surface area contributed by atoms with Crippen molar-refractivity contribution in [3.8, 4) is 0 Å². The predicted molar refractivity (Wildman–Crippen MR) is 91.2 cm³/mol.